The number of esters is 1. The maximum absolute atomic E-state index is 13.3. The van der Waals surface area contributed by atoms with Crippen LogP contribution in [0.2, 0.25) is 0 Å². The van der Waals surface area contributed by atoms with Crippen LogP contribution in [-0.2, 0) is 38.8 Å². The first-order valence-corrected chi connectivity index (χ1v) is 14.6. The number of ether oxygens (including phenoxy) is 7. The van der Waals surface area contributed by atoms with Gasteiger partial charge in [0.15, 0.2) is 6.10 Å². The van der Waals surface area contributed by atoms with E-state index in [2.05, 4.69) is 0 Å². The Labute approximate surface area is 264 Å². The first-order valence-electron chi connectivity index (χ1n) is 14.6. The van der Waals surface area contributed by atoms with Gasteiger partial charge in [-0.2, -0.15) is 0 Å². The highest BCUT2D eigenvalue weighted by atomic mass is 16.6. The topological polar surface area (TPSA) is 102 Å². The normalized spacial score (nSPS) is 13.0. The van der Waals surface area contributed by atoms with Crippen LogP contribution in [0.4, 0.5) is 0 Å². The van der Waals surface area contributed by atoms with Crippen molar-refractivity contribution >= 4 is 5.97 Å². The number of aliphatic hydroxyl groups is 1. The van der Waals surface area contributed by atoms with Gasteiger partial charge in [0.25, 0.3) is 0 Å². The van der Waals surface area contributed by atoms with Gasteiger partial charge in [0, 0.05) is 0 Å². The molecule has 0 aromatic heterocycles. The molecular formula is C36H40O9. The first-order chi connectivity index (χ1) is 22.0. The molecule has 4 aromatic carbocycles. The summed E-state index contributed by atoms with van der Waals surface area (Å²) in [4.78, 5) is 13.3. The molecule has 0 fully saturated rings. The molecule has 0 spiro atoms. The van der Waals surface area contributed by atoms with Crippen molar-refractivity contribution in [2.75, 3.05) is 34.5 Å². The number of methoxy groups -OCH3 is 3. The lowest BCUT2D eigenvalue weighted by Crippen LogP contribution is -2.47. The van der Waals surface area contributed by atoms with Crippen molar-refractivity contribution < 1.29 is 43.1 Å². The van der Waals surface area contributed by atoms with Crippen LogP contribution in [0.15, 0.2) is 103 Å². The third-order valence-corrected chi connectivity index (χ3v) is 7.12. The second kappa shape index (κ2) is 17.8. The highest BCUT2D eigenvalue weighted by Gasteiger charge is 2.35. The van der Waals surface area contributed by atoms with E-state index in [1.807, 2.05) is 78.9 Å². The van der Waals surface area contributed by atoms with Crippen LogP contribution in [0.5, 0.6) is 17.2 Å². The summed E-state index contributed by atoms with van der Waals surface area (Å²) in [5.41, 5.74) is 3.03. The number of benzene rings is 4. The molecule has 9 nitrogen and oxygen atoms in total. The molecule has 238 valence electrons. The van der Waals surface area contributed by atoms with Gasteiger partial charge in [0.05, 0.1) is 59.9 Å². The number of carbonyl (C=O) groups is 1. The quantitative estimate of drug-likeness (QED) is 0.143. The van der Waals surface area contributed by atoms with E-state index in [0.717, 1.165) is 28.2 Å². The Morgan fingerprint density at radius 1 is 0.600 bits per heavy atom. The first kappa shape index (κ1) is 33.5. The lowest BCUT2D eigenvalue weighted by molar-refractivity contribution is -0.159. The predicted octanol–water partition coefficient (Wildman–Crippen LogP) is 5.62. The predicted molar refractivity (Wildman–Crippen MR) is 169 cm³/mol. The molecule has 0 radical (unpaired) electrons. The van der Waals surface area contributed by atoms with Gasteiger partial charge in [-0.25, -0.2) is 4.79 Å². The fraction of sp³-hybridized carbons (Fsp3) is 0.306. The molecule has 45 heavy (non-hydrogen) atoms. The Bertz CT molecular complexity index is 1410. The molecule has 1 N–H and O–H groups in total. The maximum atomic E-state index is 13.3. The van der Waals surface area contributed by atoms with E-state index >= 15 is 0 Å². The number of rotatable bonds is 18. The molecule has 0 aliphatic heterocycles. The Kier molecular flexibility index (Phi) is 13.2. The van der Waals surface area contributed by atoms with Gasteiger partial charge in [-0.3, -0.25) is 0 Å². The van der Waals surface area contributed by atoms with Crippen LogP contribution in [0.1, 0.15) is 27.0 Å². The van der Waals surface area contributed by atoms with Crippen LogP contribution >= 0.6 is 0 Å². The smallest absolute Gasteiger partial charge is 0.338 e. The van der Waals surface area contributed by atoms with E-state index in [1.54, 1.807) is 45.6 Å². The lowest BCUT2D eigenvalue weighted by atomic mass is 10.1. The SMILES string of the molecule is COc1ccc(COC[C@@H](OC(=O)c2ccccc2)[C@@H](OCc2ccc(OC)cc2)[C@@H](CO)OCc2ccc(OC)cc2)cc1. The summed E-state index contributed by atoms with van der Waals surface area (Å²) in [5.74, 6) is 1.63. The van der Waals surface area contributed by atoms with Crippen molar-refractivity contribution in [3.05, 3.63) is 125 Å². The Morgan fingerprint density at radius 3 is 1.53 bits per heavy atom. The molecule has 3 atom stereocenters. The number of aliphatic hydroxyl groups excluding tert-OH is 1. The minimum atomic E-state index is -0.928. The Balaban J connectivity index is 1.57. The van der Waals surface area contributed by atoms with E-state index in [0.29, 0.717) is 11.3 Å². The summed E-state index contributed by atoms with van der Waals surface area (Å²) >= 11 is 0. The van der Waals surface area contributed by atoms with E-state index in [1.165, 1.54) is 0 Å². The summed E-state index contributed by atoms with van der Waals surface area (Å²) in [6.45, 7) is 0.200. The van der Waals surface area contributed by atoms with Gasteiger partial charge in [-0.05, 0) is 65.2 Å². The van der Waals surface area contributed by atoms with E-state index < -0.39 is 24.3 Å². The lowest BCUT2D eigenvalue weighted by Gasteiger charge is -2.32. The van der Waals surface area contributed by atoms with Crippen molar-refractivity contribution in [3.8, 4) is 17.2 Å². The van der Waals surface area contributed by atoms with Gasteiger partial charge < -0.3 is 38.3 Å². The summed E-state index contributed by atoms with van der Waals surface area (Å²) in [6, 6.07) is 31.1. The highest BCUT2D eigenvalue weighted by molar-refractivity contribution is 5.89. The molecule has 0 saturated carbocycles. The summed E-state index contributed by atoms with van der Waals surface area (Å²) in [6.07, 6.45) is -2.68. The molecule has 0 amide bonds. The van der Waals surface area contributed by atoms with Gasteiger partial charge in [-0.15, -0.1) is 0 Å². The van der Waals surface area contributed by atoms with Gasteiger partial charge in [0.1, 0.15) is 29.5 Å². The monoisotopic (exact) mass is 616 g/mol. The second-order valence-corrected chi connectivity index (χ2v) is 10.2. The summed E-state index contributed by atoms with van der Waals surface area (Å²) < 4.78 is 40.5. The largest absolute Gasteiger partial charge is 0.497 e. The number of hydrogen-bond acceptors (Lipinski definition) is 9. The Hall–Kier alpha value is -4.41. The third kappa shape index (κ3) is 10.3. The van der Waals surface area contributed by atoms with Crippen LogP contribution in [-0.4, -0.2) is 63.9 Å². The average Bonchev–Trinajstić information content (AvgIpc) is 3.10. The van der Waals surface area contributed by atoms with Crippen LogP contribution < -0.4 is 14.2 Å². The van der Waals surface area contributed by atoms with Crippen molar-refractivity contribution in [1.29, 1.82) is 0 Å². The molecule has 4 aromatic rings. The minimum absolute atomic E-state index is 0.0136. The zero-order chi connectivity index (χ0) is 31.9. The minimum Gasteiger partial charge on any atom is -0.497 e. The third-order valence-electron chi connectivity index (χ3n) is 7.12. The van der Waals surface area contributed by atoms with Crippen LogP contribution in [0, 0.1) is 0 Å². The molecule has 0 aliphatic rings. The maximum Gasteiger partial charge on any atom is 0.338 e. The van der Waals surface area contributed by atoms with Gasteiger partial charge in [-0.1, -0.05) is 54.6 Å². The fourth-order valence-corrected chi connectivity index (χ4v) is 4.54. The van der Waals surface area contributed by atoms with Crippen LogP contribution in [0.3, 0.4) is 0 Å². The molecule has 0 unspecified atom stereocenters. The van der Waals surface area contributed by atoms with Crippen LogP contribution in [0.25, 0.3) is 0 Å². The second-order valence-electron chi connectivity index (χ2n) is 10.2. The zero-order valence-electron chi connectivity index (χ0n) is 25.8. The molecule has 0 bridgehead atoms. The molecule has 0 saturated heterocycles. The molecule has 0 heterocycles. The number of carbonyl (C=O) groups excluding carboxylic acids is 1. The van der Waals surface area contributed by atoms with E-state index in [4.69, 9.17) is 33.2 Å². The van der Waals surface area contributed by atoms with E-state index in [-0.39, 0.29) is 33.0 Å². The molecule has 0 aliphatic carbocycles. The van der Waals surface area contributed by atoms with Gasteiger partial charge in [0.2, 0.25) is 0 Å². The summed E-state index contributed by atoms with van der Waals surface area (Å²) in [7, 11) is 4.81. The van der Waals surface area contributed by atoms with Crippen molar-refractivity contribution in [3.63, 3.8) is 0 Å². The van der Waals surface area contributed by atoms with Crippen molar-refractivity contribution in [2.24, 2.45) is 0 Å². The zero-order valence-corrected chi connectivity index (χ0v) is 25.8. The van der Waals surface area contributed by atoms with Crippen molar-refractivity contribution in [2.45, 2.75) is 38.1 Å². The Morgan fingerprint density at radius 2 is 1.07 bits per heavy atom. The number of hydrogen-bond donors (Lipinski definition) is 1. The van der Waals surface area contributed by atoms with E-state index in [9.17, 15) is 9.90 Å². The molecule has 4 rings (SSSR count). The summed E-state index contributed by atoms with van der Waals surface area (Å²) in [5, 5.41) is 10.5. The highest BCUT2D eigenvalue weighted by Crippen LogP contribution is 2.22. The fourth-order valence-electron chi connectivity index (χ4n) is 4.54. The van der Waals surface area contributed by atoms with Gasteiger partial charge >= 0.3 is 5.97 Å². The molecule has 9 heteroatoms. The molecular weight excluding hydrogens is 576 g/mol. The standard InChI is InChI=1S/C36H40O9/c1-39-30-15-9-26(10-16-30)22-42-25-34(45-36(38)29-7-5-4-6-8-29)35(44-24-28-13-19-32(41-3)20-14-28)33(21-37)43-23-27-11-17-31(40-2)18-12-27/h4-20,33-35,37H,21-25H2,1-3H3/t33-,34-,35+/m1/s1. The van der Waals surface area contributed by atoms with Crippen molar-refractivity contribution in [1.82, 2.24) is 0 Å². The average molecular weight is 617 g/mol.